The van der Waals surface area contributed by atoms with Gasteiger partial charge in [0.2, 0.25) is 5.91 Å². The van der Waals surface area contributed by atoms with Gasteiger partial charge in [-0.25, -0.2) is 0 Å². The molecule has 4 heteroatoms. The van der Waals surface area contributed by atoms with Gasteiger partial charge in [0.1, 0.15) is 5.88 Å². The van der Waals surface area contributed by atoms with Crippen LogP contribution in [0.4, 0.5) is 0 Å². The van der Waals surface area contributed by atoms with E-state index in [1.807, 2.05) is 4.90 Å². The molecule has 1 saturated heterocycles. The predicted octanol–water partition coefficient (Wildman–Crippen LogP) is 1.89. The molecule has 16 heavy (non-hydrogen) atoms. The maximum absolute atomic E-state index is 11.7. The van der Waals surface area contributed by atoms with E-state index >= 15 is 0 Å². The molecule has 3 nitrogen and oxygen atoms in total. The third-order valence-corrected chi connectivity index (χ3v) is 4.48. The van der Waals surface area contributed by atoms with Crippen LogP contribution in [-0.2, 0) is 9.53 Å². The average molecular weight is 246 g/mol. The molecule has 1 unspecified atom stereocenters. The second kappa shape index (κ2) is 4.92. The van der Waals surface area contributed by atoms with E-state index in [-0.39, 0.29) is 11.8 Å². The summed E-state index contributed by atoms with van der Waals surface area (Å²) in [5.74, 6) is 0.689. The normalized spacial score (nSPS) is 27.9. The molecule has 2 fully saturated rings. The molecule has 1 saturated carbocycles. The van der Waals surface area contributed by atoms with Crippen molar-refractivity contribution in [3.05, 3.63) is 0 Å². The lowest BCUT2D eigenvalue weighted by molar-refractivity contribution is -0.127. The van der Waals surface area contributed by atoms with Crippen molar-refractivity contribution in [2.24, 2.45) is 11.3 Å². The van der Waals surface area contributed by atoms with Crippen molar-refractivity contribution in [3.8, 4) is 0 Å². The third-order valence-electron chi connectivity index (χ3n) is 4.25. The minimum atomic E-state index is 0.0755. The van der Waals surface area contributed by atoms with Crippen molar-refractivity contribution in [2.75, 3.05) is 32.7 Å². The van der Waals surface area contributed by atoms with Crippen LogP contribution in [0.1, 0.15) is 25.7 Å². The first-order valence-electron chi connectivity index (χ1n) is 6.04. The fourth-order valence-electron chi connectivity index (χ4n) is 3.38. The number of carbonyl (C=O) groups excluding carboxylic acids is 1. The summed E-state index contributed by atoms with van der Waals surface area (Å²) in [5, 5.41) is 0. The molecule has 0 N–H and O–H groups in total. The monoisotopic (exact) mass is 245 g/mol. The van der Waals surface area contributed by atoms with E-state index < -0.39 is 0 Å². The first-order valence-corrected chi connectivity index (χ1v) is 6.58. The maximum atomic E-state index is 11.7. The van der Waals surface area contributed by atoms with Crippen molar-refractivity contribution in [1.82, 2.24) is 4.90 Å². The van der Waals surface area contributed by atoms with Gasteiger partial charge in [0, 0.05) is 26.1 Å². The van der Waals surface area contributed by atoms with E-state index in [9.17, 15) is 4.79 Å². The van der Waals surface area contributed by atoms with Crippen molar-refractivity contribution >= 4 is 17.5 Å². The van der Waals surface area contributed by atoms with Crippen molar-refractivity contribution in [3.63, 3.8) is 0 Å². The molecule has 0 aromatic carbocycles. The van der Waals surface area contributed by atoms with E-state index in [2.05, 4.69) is 0 Å². The van der Waals surface area contributed by atoms with E-state index in [1.165, 1.54) is 25.7 Å². The summed E-state index contributed by atoms with van der Waals surface area (Å²) in [6.07, 6.45) is 5.08. The Morgan fingerprint density at radius 2 is 2.19 bits per heavy atom. The van der Waals surface area contributed by atoms with Gasteiger partial charge in [0.15, 0.2) is 0 Å². The van der Waals surface area contributed by atoms with E-state index in [4.69, 9.17) is 16.3 Å². The van der Waals surface area contributed by atoms with Gasteiger partial charge in [-0.2, -0.15) is 0 Å². The Labute approximate surface area is 102 Å². The number of ether oxygens (including phenoxy) is 1. The molecule has 0 aromatic rings. The van der Waals surface area contributed by atoms with Crippen molar-refractivity contribution in [1.29, 1.82) is 0 Å². The topological polar surface area (TPSA) is 29.5 Å². The smallest absolute Gasteiger partial charge is 0.237 e. The summed E-state index contributed by atoms with van der Waals surface area (Å²) in [7, 11) is 1.74. The zero-order chi connectivity index (χ0) is 11.6. The Morgan fingerprint density at radius 1 is 1.50 bits per heavy atom. The number of likely N-dealkylation sites (tertiary alicyclic amines) is 1. The molecule has 1 aliphatic carbocycles. The Balaban J connectivity index is 2.08. The summed E-state index contributed by atoms with van der Waals surface area (Å²) >= 11 is 5.63. The average Bonchev–Trinajstić information content (AvgIpc) is 2.88. The highest BCUT2D eigenvalue weighted by Crippen LogP contribution is 2.49. The van der Waals surface area contributed by atoms with E-state index in [0.717, 1.165) is 19.7 Å². The second-order valence-electron chi connectivity index (χ2n) is 5.13. The molecule has 0 aromatic heterocycles. The van der Waals surface area contributed by atoms with Crippen LogP contribution < -0.4 is 0 Å². The van der Waals surface area contributed by atoms with Crippen LogP contribution in [0.25, 0.3) is 0 Å². The summed E-state index contributed by atoms with van der Waals surface area (Å²) in [6, 6.07) is 0. The fraction of sp³-hybridized carbons (Fsp3) is 0.917. The van der Waals surface area contributed by atoms with Crippen LogP contribution >= 0.6 is 11.6 Å². The summed E-state index contributed by atoms with van der Waals surface area (Å²) in [6.45, 7) is 2.50. The molecule has 1 heterocycles. The van der Waals surface area contributed by atoms with E-state index in [0.29, 0.717) is 11.3 Å². The summed E-state index contributed by atoms with van der Waals surface area (Å²) < 4.78 is 5.30. The number of amides is 1. The van der Waals surface area contributed by atoms with Gasteiger partial charge in [0.25, 0.3) is 0 Å². The zero-order valence-corrected chi connectivity index (χ0v) is 10.6. The van der Waals surface area contributed by atoms with Crippen LogP contribution in [0.3, 0.4) is 0 Å². The highest BCUT2D eigenvalue weighted by Gasteiger charge is 2.48. The summed E-state index contributed by atoms with van der Waals surface area (Å²) in [5.41, 5.74) is 0.331. The lowest BCUT2D eigenvalue weighted by atomic mass is 9.77. The molecule has 1 aliphatic heterocycles. The number of alkyl halides is 1. The number of carbonyl (C=O) groups is 1. The van der Waals surface area contributed by atoms with Crippen LogP contribution in [-0.4, -0.2) is 43.5 Å². The van der Waals surface area contributed by atoms with Gasteiger partial charge in [-0.1, -0.05) is 12.8 Å². The quantitative estimate of drug-likeness (QED) is 0.711. The highest BCUT2D eigenvalue weighted by molar-refractivity contribution is 6.27. The fourth-order valence-corrected chi connectivity index (χ4v) is 3.55. The molecule has 2 aliphatic rings. The molecule has 1 atom stereocenters. The first-order chi connectivity index (χ1) is 7.72. The standard InChI is InChI=1S/C12H20ClNO2/c1-16-8-10-7-14(11(15)6-13)9-12(10)4-2-3-5-12/h10H,2-9H2,1H3. The minimum absolute atomic E-state index is 0.0755. The molecule has 1 spiro atoms. The van der Waals surface area contributed by atoms with Crippen molar-refractivity contribution < 1.29 is 9.53 Å². The SMILES string of the molecule is COCC1CN(C(=O)CCl)CC12CCCC2. The molecule has 2 rings (SSSR count). The molecular formula is C12H20ClNO2. The number of nitrogens with zero attached hydrogens (tertiary/aromatic N) is 1. The van der Waals surface area contributed by atoms with Gasteiger partial charge < -0.3 is 9.64 Å². The Bertz CT molecular complexity index is 264. The summed E-state index contributed by atoms with van der Waals surface area (Å²) in [4.78, 5) is 13.6. The first kappa shape index (κ1) is 12.2. The molecule has 0 bridgehead atoms. The lowest BCUT2D eigenvalue weighted by Gasteiger charge is -2.29. The highest BCUT2D eigenvalue weighted by atomic mass is 35.5. The van der Waals surface area contributed by atoms with Crippen LogP contribution in [0.2, 0.25) is 0 Å². The molecule has 0 radical (unpaired) electrons. The largest absolute Gasteiger partial charge is 0.384 e. The molecule has 92 valence electrons. The number of halogens is 1. The van der Waals surface area contributed by atoms with Crippen LogP contribution in [0.5, 0.6) is 0 Å². The van der Waals surface area contributed by atoms with Gasteiger partial charge in [-0.3, -0.25) is 4.79 Å². The maximum Gasteiger partial charge on any atom is 0.237 e. The molecule has 1 amide bonds. The van der Waals surface area contributed by atoms with Crippen LogP contribution in [0.15, 0.2) is 0 Å². The number of hydrogen-bond acceptors (Lipinski definition) is 2. The number of rotatable bonds is 3. The van der Waals surface area contributed by atoms with Gasteiger partial charge in [0.05, 0.1) is 6.61 Å². The van der Waals surface area contributed by atoms with Crippen molar-refractivity contribution in [2.45, 2.75) is 25.7 Å². The minimum Gasteiger partial charge on any atom is -0.384 e. The van der Waals surface area contributed by atoms with Crippen LogP contribution in [0, 0.1) is 11.3 Å². The van der Waals surface area contributed by atoms with E-state index in [1.54, 1.807) is 7.11 Å². The zero-order valence-electron chi connectivity index (χ0n) is 9.88. The number of methoxy groups -OCH3 is 1. The predicted molar refractivity (Wildman–Crippen MR) is 63.6 cm³/mol. The molecular weight excluding hydrogens is 226 g/mol. The number of hydrogen-bond donors (Lipinski definition) is 0. The Kier molecular flexibility index (Phi) is 3.75. The Hall–Kier alpha value is -0.280. The lowest BCUT2D eigenvalue weighted by Crippen LogP contribution is -2.32. The van der Waals surface area contributed by atoms with Gasteiger partial charge in [-0.15, -0.1) is 11.6 Å². The van der Waals surface area contributed by atoms with Gasteiger partial charge in [-0.05, 0) is 18.3 Å². The second-order valence-corrected chi connectivity index (χ2v) is 5.40. The Morgan fingerprint density at radius 3 is 2.75 bits per heavy atom. The van der Waals surface area contributed by atoms with Gasteiger partial charge >= 0.3 is 0 Å². The third kappa shape index (κ3) is 2.07.